The van der Waals surface area contributed by atoms with E-state index in [1.807, 2.05) is 6.08 Å². The van der Waals surface area contributed by atoms with Gasteiger partial charge in [-0.25, -0.2) is 12.8 Å². The number of nitrogens with one attached hydrogen (secondary N) is 1. The fourth-order valence-electron chi connectivity index (χ4n) is 2.84. The van der Waals surface area contributed by atoms with Gasteiger partial charge < -0.3 is 5.32 Å². The molecule has 1 N–H and O–H groups in total. The molecule has 130 valence electrons. The average Bonchev–Trinajstić information content (AvgIpc) is 2.98. The maximum atomic E-state index is 13.3. The predicted octanol–water partition coefficient (Wildman–Crippen LogP) is 2.80. The van der Waals surface area contributed by atoms with Crippen LogP contribution in [0.3, 0.4) is 0 Å². The van der Waals surface area contributed by atoms with E-state index in [4.69, 9.17) is 0 Å². The van der Waals surface area contributed by atoms with Crippen molar-refractivity contribution in [2.75, 3.05) is 12.8 Å². The van der Waals surface area contributed by atoms with Crippen LogP contribution in [0.1, 0.15) is 17.5 Å². The third-order valence-electron chi connectivity index (χ3n) is 4.21. The van der Waals surface area contributed by atoms with Crippen LogP contribution in [-0.4, -0.2) is 27.1 Å². The van der Waals surface area contributed by atoms with Crippen LogP contribution in [0.2, 0.25) is 0 Å². The first-order valence-corrected chi connectivity index (χ1v) is 9.80. The van der Waals surface area contributed by atoms with Gasteiger partial charge in [0.15, 0.2) is 9.84 Å². The molecule has 4 nitrogen and oxygen atoms in total. The number of rotatable bonds is 4. The summed E-state index contributed by atoms with van der Waals surface area (Å²) in [6.07, 6.45) is 3.72. The van der Waals surface area contributed by atoms with Crippen LogP contribution in [0.25, 0.3) is 5.57 Å². The summed E-state index contributed by atoms with van der Waals surface area (Å²) in [5.74, 6) is -0.629. The minimum Gasteiger partial charge on any atom is -0.356 e. The first-order valence-electron chi connectivity index (χ1n) is 7.90. The Kier molecular flexibility index (Phi) is 4.72. The number of benzene rings is 2. The van der Waals surface area contributed by atoms with E-state index in [9.17, 15) is 17.6 Å². The predicted molar refractivity (Wildman–Crippen MR) is 94.1 cm³/mol. The lowest BCUT2D eigenvalue weighted by molar-refractivity contribution is -0.121. The molecule has 3 rings (SSSR count). The average molecular weight is 359 g/mol. The molecule has 0 aliphatic carbocycles. The molecule has 25 heavy (non-hydrogen) atoms. The van der Waals surface area contributed by atoms with Gasteiger partial charge in [-0.15, -0.1) is 0 Å². The van der Waals surface area contributed by atoms with E-state index in [2.05, 4.69) is 5.32 Å². The Bertz CT molecular complexity index is 916. The second-order valence-corrected chi connectivity index (χ2v) is 8.09. The summed E-state index contributed by atoms with van der Waals surface area (Å²) < 4.78 is 36.5. The van der Waals surface area contributed by atoms with E-state index in [1.54, 1.807) is 24.3 Å². The Morgan fingerprint density at radius 2 is 1.64 bits per heavy atom. The van der Waals surface area contributed by atoms with E-state index >= 15 is 0 Å². The number of hydrogen-bond acceptors (Lipinski definition) is 3. The number of carbonyl (C=O) groups is 1. The first kappa shape index (κ1) is 17.4. The van der Waals surface area contributed by atoms with E-state index < -0.39 is 9.84 Å². The summed E-state index contributed by atoms with van der Waals surface area (Å²) in [6, 6.07) is 12.5. The molecule has 0 radical (unpaired) electrons. The van der Waals surface area contributed by atoms with Gasteiger partial charge in [0.1, 0.15) is 5.82 Å². The molecular formula is C19H18FNO3S. The fraction of sp³-hybridized carbons (Fsp3) is 0.211. The van der Waals surface area contributed by atoms with E-state index in [0.29, 0.717) is 13.0 Å². The van der Waals surface area contributed by atoms with Crippen LogP contribution in [0.5, 0.6) is 0 Å². The molecule has 2 aromatic carbocycles. The van der Waals surface area contributed by atoms with Crippen molar-refractivity contribution in [1.29, 1.82) is 0 Å². The van der Waals surface area contributed by atoms with Crippen molar-refractivity contribution >= 4 is 21.3 Å². The van der Waals surface area contributed by atoms with Gasteiger partial charge in [0.25, 0.3) is 0 Å². The molecule has 0 aromatic heterocycles. The second-order valence-electron chi connectivity index (χ2n) is 6.07. The molecule has 1 heterocycles. The molecule has 2 aromatic rings. The van der Waals surface area contributed by atoms with Crippen molar-refractivity contribution in [3.63, 3.8) is 0 Å². The van der Waals surface area contributed by atoms with Gasteiger partial charge >= 0.3 is 0 Å². The number of hydrogen-bond donors (Lipinski definition) is 1. The SMILES string of the molecule is CS(=O)(=O)c1ccc(/C(=C/C2CCNC2=O)c2ccc(F)cc2)cc1. The van der Waals surface area contributed by atoms with Crippen LogP contribution < -0.4 is 5.32 Å². The third-order valence-corrected chi connectivity index (χ3v) is 5.34. The Morgan fingerprint density at radius 1 is 1.08 bits per heavy atom. The lowest BCUT2D eigenvalue weighted by atomic mass is 9.93. The number of halogens is 1. The second kappa shape index (κ2) is 6.80. The Balaban J connectivity index is 2.06. The Labute approximate surface area is 146 Å². The minimum atomic E-state index is -3.28. The van der Waals surface area contributed by atoms with Crippen LogP contribution in [0.4, 0.5) is 4.39 Å². The molecule has 0 bridgehead atoms. The van der Waals surface area contributed by atoms with Gasteiger partial charge in [0.2, 0.25) is 5.91 Å². The van der Waals surface area contributed by atoms with Crippen molar-refractivity contribution in [1.82, 2.24) is 5.32 Å². The molecule has 0 spiro atoms. The van der Waals surface area contributed by atoms with Gasteiger partial charge in [-0.05, 0) is 47.4 Å². The summed E-state index contributed by atoms with van der Waals surface area (Å²) in [7, 11) is -3.28. The molecule has 1 aliphatic heterocycles. The van der Waals surface area contributed by atoms with E-state index in [1.165, 1.54) is 24.3 Å². The highest BCUT2D eigenvalue weighted by Crippen LogP contribution is 2.28. The van der Waals surface area contributed by atoms with Crippen LogP contribution in [0.15, 0.2) is 59.5 Å². The van der Waals surface area contributed by atoms with Gasteiger partial charge in [-0.2, -0.15) is 0 Å². The molecule has 1 saturated heterocycles. The van der Waals surface area contributed by atoms with Crippen molar-refractivity contribution in [2.45, 2.75) is 11.3 Å². The molecule has 1 aliphatic rings. The lowest BCUT2D eigenvalue weighted by Crippen LogP contribution is -2.18. The quantitative estimate of drug-likeness (QED) is 0.913. The van der Waals surface area contributed by atoms with Crippen LogP contribution in [0, 0.1) is 11.7 Å². The molecule has 1 fully saturated rings. The van der Waals surface area contributed by atoms with Gasteiger partial charge in [-0.1, -0.05) is 30.3 Å². The maximum Gasteiger partial charge on any atom is 0.227 e. The summed E-state index contributed by atoms with van der Waals surface area (Å²) >= 11 is 0. The Hall–Kier alpha value is -2.47. The zero-order chi connectivity index (χ0) is 18.0. The van der Waals surface area contributed by atoms with Gasteiger partial charge in [0.05, 0.1) is 10.8 Å². The molecule has 6 heteroatoms. The molecule has 0 saturated carbocycles. The van der Waals surface area contributed by atoms with E-state index in [0.717, 1.165) is 23.0 Å². The lowest BCUT2D eigenvalue weighted by Gasteiger charge is -2.12. The minimum absolute atomic E-state index is 0.0348. The monoisotopic (exact) mass is 359 g/mol. The van der Waals surface area contributed by atoms with Crippen molar-refractivity contribution in [2.24, 2.45) is 5.92 Å². The fourth-order valence-corrected chi connectivity index (χ4v) is 3.47. The number of amides is 1. The maximum absolute atomic E-state index is 13.3. The first-order chi connectivity index (χ1) is 11.8. The highest BCUT2D eigenvalue weighted by molar-refractivity contribution is 7.90. The Morgan fingerprint density at radius 3 is 2.12 bits per heavy atom. The molecule has 1 unspecified atom stereocenters. The highest BCUT2D eigenvalue weighted by atomic mass is 32.2. The summed E-state index contributed by atoms with van der Waals surface area (Å²) in [5, 5.41) is 2.79. The smallest absolute Gasteiger partial charge is 0.227 e. The van der Waals surface area contributed by atoms with Crippen LogP contribution in [-0.2, 0) is 14.6 Å². The summed E-state index contributed by atoms with van der Waals surface area (Å²) in [5.41, 5.74) is 2.33. The van der Waals surface area contributed by atoms with Gasteiger partial charge in [0, 0.05) is 12.8 Å². The van der Waals surface area contributed by atoms with E-state index in [-0.39, 0.29) is 22.5 Å². The molecule has 1 amide bonds. The summed E-state index contributed by atoms with van der Waals surface area (Å²) in [6.45, 7) is 0.629. The molecular weight excluding hydrogens is 341 g/mol. The largest absolute Gasteiger partial charge is 0.356 e. The standard InChI is InChI=1S/C19H18FNO3S/c1-25(23,24)17-8-4-14(5-9-17)18(12-15-10-11-21-19(15)22)13-2-6-16(20)7-3-13/h2-9,12,15H,10-11H2,1H3,(H,21,22)/b18-12+. The third kappa shape index (κ3) is 3.96. The van der Waals surface area contributed by atoms with Gasteiger partial charge in [-0.3, -0.25) is 4.79 Å². The number of carbonyl (C=O) groups excluding carboxylic acids is 1. The zero-order valence-corrected chi connectivity index (χ0v) is 14.5. The highest BCUT2D eigenvalue weighted by Gasteiger charge is 2.23. The summed E-state index contributed by atoms with van der Waals surface area (Å²) in [4.78, 5) is 12.1. The van der Waals surface area contributed by atoms with Crippen molar-refractivity contribution in [3.05, 3.63) is 71.6 Å². The number of sulfone groups is 1. The topological polar surface area (TPSA) is 63.2 Å². The van der Waals surface area contributed by atoms with Crippen LogP contribution >= 0.6 is 0 Å². The normalized spacial score (nSPS) is 18.2. The van der Waals surface area contributed by atoms with Crippen molar-refractivity contribution in [3.8, 4) is 0 Å². The molecule has 1 atom stereocenters. The van der Waals surface area contributed by atoms with Crippen molar-refractivity contribution < 1.29 is 17.6 Å². The zero-order valence-electron chi connectivity index (χ0n) is 13.7.